The van der Waals surface area contributed by atoms with Crippen LogP contribution in [0.3, 0.4) is 0 Å². The summed E-state index contributed by atoms with van der Waals surface area (Å²) in [6.45, 7) is 7.71. The standard InChI is InChI=1S/C34H32O11S2/c1-17-24(35)40-22-16-31-21-15-20(30(2,3)4)32(31)23(42-28(46)38-18-11-7-5-8-12-18)25(36)43-27(32)44-34(31,26(37)41-21)33(17,22)45-29(47)39-19-13-9-6-10-14-19/h5-14,17,20-23,27H,15-16H2,1-4H3/t17-,20+,21?,22?,23+,27?,31?,32?,33-,34?/m1/s1. The first-order valence-electron chi connectivity index (χ1n) is 15.5. The van der Waals surface area contributed by atoms with Crippen molar-refractivity contribution in [1.82, 2.24) is 0 Å². The van der Waals surface area contributed by atoms with Gasteiger partial charge in [-0.25, -0.2) is 9.59 Å². The lowest BCUT2D eigenvalue weighted by atomic mass is 9.51. The largest absolute Gasteiger partial charge is 0.459 e. The summed E-state index contributed by atoms with van der Waals surface area (Å²) in [4.78, 5) is 41.7. The molecule has 4 heterocycles. The van der Waals surface area contributed by atoms with E-state index in [9.17, 15) is 14.4 Å². The molecule has 246 valence electrons. The zero-order valence-electron chi connectivity index (χ0n) is 26.0. The van der Waals surface area contributed by atoms with Crippen molar-refractivity contribution in [3.63, 3.8) is 0 Å². The van der Waals surface area contributed by atoms with Gasteiger partial charge in [-0.1, -0.05) is 57.2 Å². The second-order valence-electron chi connectivity index (χ2n) is 14.1. The van der Waals surface area contributed by atoms with Gasteiger partial charge in [-0.3, -0.25) is 4.79 Å². The number of hydrogen-bond acceptors (Lipinski definition) is 13. The summed E-state index contributed by atoms with van der Waals surface area (Å²) in [5, 5.41) is -0.638. The molecule has 6 unspecified atom stereocenters. The van der Waals surface area contributed by atoms with Crippen molar-refractivity contribution in [2.45, 2.75) is 76.3 Å². The maximum Gasteiger partial charge on any atom is 0.358 e. The second-order valence-corrected chi connectivity index (χ2v) is 14.8. The molecule has 4 aliphatic heterocycles. The van der Waals surface area contributed by atoms with Gasteiger partial charge >= 0.3 is 28.4 Å². The molecule has 2 aliphatic carbocycles. The van der Waals surface area contributed by atoms with E-state index >= 15 is 0 Å². The first-order chi connectivity index (χ1) is 22.3. The van der Waals surface area contributed by atoms with Gasteiger partial charge in [-0.15, -0.1) is 0 Å². The third-order valence-corrected chi connectivity index (χ3v) is 11.6. The van der Waals surface area contributed by atoms with E-state index in [0.29, 0.717) is 17.9 Å². The van der Waals surface area contributed by atoms with Gasteiger partial charge in [0.15, 0.2) is 0 Å². The summed E-state index contributed by atoms with van der Waals surface area (Å²) in [5.74, 6) is -2.69. The molecule has 2 spiro atoms. The zero-order valence-corrected chi connectivity index (χ0v) is 27.6. The Morgan fingerprint density at radius 3 is 2.06 bits per heavy atom. The van der Waals surface area contributed by atoms with Crippen molar-refractivity contribution in [3.8, 4) is 11.5 Å². The minimum absolute atomic E-state index is 0.0410. The van der Waals surface area contributed by atoms with E-state index in [1.54, 1.807) is 55.5 Å². The van der Waals surface area contributed by atoms with Gasteiger partial charge < -0.3 is 37.9 Å². The number of rotatable bonds is 4. The number of thiocarbonyl (C=S) groups is 2. The van der Waals surface area contributed by atoms with E-state index < -0.39 is 75.9 Å². The summed E-state index contributed by atoms with van der Waals surface area (Å²) in [6, 6.07) is 17.5. The highest BCUT2D eigenvalue weighted by Crippen LogP contribution is 2.85. The quantitative estimate of drug-likeness (QED) is 0.257. The second kappa shape index (κ2) is 9.86. The number of para-hydroxylation sites is 2. The van der Waals surface area contributed by atoms with Crippen LogP contribution in [0.25, 0.3) is 0 Å². The van der Waals surface area contributed by atoms with Gasteiger partial charge in [0.25, 0.3) is 0 Å². The molecule has 6 fully saturated rings. The van der Waals surface area contributed by atoms with E-state index in [2.05, 4.69) is 0 Å². The van der Waals surface area contributed by atoms with Crippen LogP contribution in [0.1, 0.15) is 40.5 Å². The minimum Gasteiger partial charge on any atom is -0.459 e. The number of hydrogen-bond donors (Lipinski definition) is 0. The molecule has 4 saturated heterocycles. The number of fused-ring (bicyclic) bond motifs is 1. The fourth-order valence-corrected chi connectivity index (χ4v) is 10.3. The molecule has 13 heteroatoms. The Morgan fingerprint density at radius 1 is 0.830 bits per heavy atom. The SMILES string of the molecule is C[C@@H]1C(=O)OC2CC34C5C[C@@H](C(C)(C)C)C36C(OC(=O)[C@@H]6OC(=S)Oc3ccccc3)OC4(C(=O)O5)[C@]21OC(=S)Oc1ccccc1. The van der Waals surface area contributed by atoms with Gasteiger partial charge in [0.1, 0.15) is 29.6 Å². The maximum atomic E-state index is 14.5. The number of carbonyl (C=O) groups excluding carboxylic acids is 3. The number of ether oxygens (including phenoxy) is 8. The Balaban J connectivity index is 1.28. The fraction of sp³-hybridized carbons (Fsp3) is 0.500. The summed E-state index contributed by atoms with van der Waals surface area (Å²) in [5.41, 5.74) is -7.00. The Kier molecular flexibility index (Phi) is 6.40. The van der Waals surface area contributed by atoms with Gasteiger partial charge in [-0.05, 0) is 48.9 Å². The van der Waals surface area contributed by atoms with E-state index in [1.165, 1.54) is 0 Å². The van der Waals surface area contributed by atoms with Gasteiger partial charge in [0.05, 0.1) is 10.8 Å². The monoisotopic (exact) mass is 680 g/mol. The fourth-order valence-electron chi connectivity index (χ4n) is 9.83. The first-order valence-corrected chi connectivity index (χ1v) is 16.3. The predicted molar refractivity (Wildman–Crippen MR) is 168 cm³/mol. The van der Waals surface area contributed by atoms with Crippen LogP contribution < -0.4 is 9.47 Å². The lowest BCUT2D eigenvalue weighted by Crippen LogP contribution is -2.68. The Labute approximate surface area is 281 Å². The molecule has 0 bridgehead atoms. The molecule has 2 saturated carbocycles. The van der Waals surface area contributed by atoms with E-state index in [1.807, 2.05) is 32.9 Å². The average molecular weight is 681 g/mol. The first kappa shape index (κ1) is 30.5. The van der Waals surface area contributed by atoms with Crippen LogP contribution in [0.4, 0.5) is 0 Å². The summed E-state index contributed by atoms with van der Waals surface area (Å²) < 4.78 is 49.5. The Morgan fingerprint density at radius 2 is 1.45 bits per heavy atom. The van der Waals surface area contributed by atoms with Crippen LogP contribution in [0.5, 0.6) is 11.5 Å². The lowest BCUT2D eigenvalue weighted by Gasteiger charge is -2.47. The van der Waals surface area contributed by atoms with Crippen molar-refractivity contribution in [2.75, 3.05) is 0 Å². The van der Waals surface area contributed by atoms with Crippen LogP contribution in [0.2, 0.25) is 0 Å². The van der Waals surface area contributed by atoms with Gasteiger partial charge in [0.2, 0.25) is 23.6 Å². The maximum absolute atomic E-state index is 14.5. The van der Waals surface area contributed by atoms with Crippen molar-refractivity contribution < 1.29 is 52.3 Å². The molecule has 2 aromatic carbocycles. The normalized spacial score (nSPS) is 40.4. The number of carbonyl (C=O) groups is 3. The predicted octanol–water partition coefficient (Wildman–Crippen LogP) is 4.44. The molecule has 0 N–H and O–H groups in total. The van der Waals surface area contributed by atoms with Crippen molar-refractivity contribution >= 4 is 52.8 Å². The highest BCUT2D eigenvalue weighted by molar-refractivity contribution is 7.80. The average Bonchev–Trinajstić information content (AvgIpc) is 3.73. The highest BCUT2D eigenvalue weighted by Gasteiger charge is 3.02. The van der Waals surface area contributed by atoms with Crippen LogP contribution in [-0.2, 0) is 42.8 Å². The molecular weight excluding hydrogens is 648 g/mol. The molecule has 2 aromatic rings. The summed E-state index contributed by atoms with van der Waals surface area (Å²) >= 11 is 11.1. The molecule has 8 rings (SSSR count). The zero-order chi connectivity index (χ0) is 33.1. The minimum atomic E-state index is -2.00. The number of benzene rings is 2. The van der Waals surface area contributed by atoms with Crippen LogP contribution >= 0.6 is 24.4 Å². The van der Waals surface area contributed by atoms with E-state index in [-0.39, 0.29) is 22.8 Å². The van der Waals surface area contributed by atoms with Crippen molar-refractivity contribution in [1.29, 1.82) is 0 Å². The van der Waals surface area contributed by atoms with Crippen LogP contribution in [-0.4, -0.2) is 64.2 Å². The van der Waals surface area contributed by atoms with E-state index in [4.69, 9.17) is 62.3 Å². The molecule has 11 nitrogen and oxygen atoms in total. The third-order valence-electron chi connectivity index (χ3n) is 11.3. The lowest BCUT2D eigenvalue weighted by molar-refractivity contribution is -0.236. The molecule has 6 aliphatic rings. The van der Waals surface area contributed by atoms with Gasteiger partial charge in [0, 0.05) is 30.9 Å². The molecule has 10 atom stereocenters. The molecular formula is C34H32O11S2. The van der Waals surface area contributed by atoms with Crippen LogP contribution in [0.15, 0.2) is 60.7 Å². The third kappa shape index (κ3) is 3.57. The number of esters is 3. The van der Waals surface area contributed by atoms with Gasteiger partial charge in [-0.2, -0.15) is 0 Å². The van der Waals surface area contributed by atoms with Crippen molar-refractivity contribution in [2.24, 2.45) is 28.1 Å². The summed E-state index contributed by atoms with van der Waals surface area (Å²) in [6.07, 6.45) is -4.03. The summed E-state index contributed by atoms with van der Waals surface area (Å²) in [7, 11) is 0. The molecule has 0 aromatic heterocycles. The van der Waals surface area contributed by atoms with Crippen molar-refractivity contribution in [3.05, 3.63) is 60.7 Å². The molecule has 0 radical (unpaired) electrons. The van der Waals surface area contributed by atoms with Crippen LogP contribution in [0, 0.1) is 28.1 Å². The molecule has 47 heavy (non-hydrogen) atoms. The smallest absolute Gasteiger partial charge is 0.358 e. The topological polar surface area (TPSA) is 125 Å². The Hall–Kier alpha value is -3.81. The Bertz CT molecular complexity index is 1710. The molecule has 0 amide bonds. The van der Waals surface area contributed by atoms with E-state index in [0.717, 1.165) is 0 Å². The highest BCUT2D eigenvalue weighted by atomic mass is 32.1.